The molecule has 2 N–H and O–H groups in total. The van der Waals surface area contributed by atoms with Crippen molar-refractivity contribution in [2.45, 2.75) is 31.7 Å². The lowest BCUT2D eigenvalue weighted by atomic mass is 10.0. The van der Waals surface area contributed by atoms with E-state index in [-0.39, 0.29) is 5.69 Å². The number of piperidine rings is 1. The Balaban J connectivity index is 1.70. The van der Waals surface area contributed by atoms with Crippen LogP contribution in [0.5, 0.6) is 0 Å². The molecule has 0 bridgehead atoms. The second kappa shape index (κ2) is 7.58. The Bertz CT molecular complexity index is 483. The topological polar surface area (TPSA) is 93.5 Å². The average Bonchev–Trinajstić information content (AvgIpc) is 2.49. The number of nitrogens with one attached hydrogen (secondary N) is 2. The smallest absolute Gasteiger partial charge is 0.411 e. The van der Waals surface area contributed by atoms with Crippen LogP contribution in [0.15, 0.2) is 24.3 Å². The number of carbonyl (C=O) groups excluding carboxylic acids is 1. The first-order chi connectivity index (χ1) is 10.1. The minimum atomic E-state index is -0.542. The molecule has 1 fully saturated rings. The first-order valence-corrected chi connectivity index (χ1v) is 7.07. The third-order valence-electron chi connectivity index (χ3n) is 3.44. The van der Waals surface area contributed by atoms with E-state index >= 15 is 0 Å². The van der Waals surface area contributed by atoms with Crippen LogP contribution < -0.4 is 10.6 Å². The molecule has 0 radical (unpaired) electrons. The summed E-state index contributed by atoms with van der Waals surface area (Å²) in [5, 5.41) is 16.4. The first kappa shape index (κ1) is 15.2. The van der Waals surface area contributed by atoms with E-state index in [4.69, 9.17) is 4.74 Å². The quantitative estimate of drug-likeness (QED) is 0.643. The molecular weight excluding hydrogens is 274 g/mol. The lowest BCUT2D eigenvalue weighted by Gasteiger charge is -2.23. The Morgan fingerprint density at radius 3 is 2.76 bits per heavy atom. The van der Waals surface area contributed by atoms with Crippen LogP contribution in [0.3, 0.4) is 0 Å². The van der Waals surface area contributed by atoms with Crippen molar-refractivity contribution in [2.24, 2.45) is 0 Å². The van der Waals surface area contributed by atoms with E-state index in [9.17, 15) is 14.9 Å². The summed E-state index contributed by atoms with van der Waals surface area (Å²) in [5.41, 5.74) is 0.457. The van der Waals surface area contributed by atoms with Gasteiger partial charge in [0.05, 0.1) is 11.5 Å². The highest BCUT2D eigenvalue weighted by molar-refractivity contribution is 5.84. The Morgan fingerprint density at radius 1 is 1.38 bits per heavy atom. The number of nitro groups is 1. The van der Waals surface area contributed by atoms with Gasteiger partial charge in [0.1, 0.15) is 0 Å². The van der Waals surface area contributed by atoms with Crippen LogP contribution in [0, 0.1) is 10.1 Å². The molecule has 1 saturated heterocycles. The maximum Gasteiger partial charge on any atom is 0.411 e. The normalized spacial score (nSPS) is 18.0. The SMILES string of the molecule is O=C(Nc1ccc([N+](=O)[O-])cc1)OCCC1CCCCN1. The standard InChI is InChI=1S/C14H19N3O4/c18-14(21-10-8-11-3-1-2-9-15-11)16-12-4-6-13(7-5-12)17(19)20/h4-7,11,15H,1-3,8-10H2,(H,16,18). The zero-order valence-corrected chi connectivity index (χ0v) is 11.7. The summed E-state index contributed by atoms with van der Waals surface area (Å²) in [4.78, 5) is 21.6. The van der Waals surface area contributed by atoms with Crippen molar-refractivity contribution in [2.75, 3.05) is 18.5 Å². The molecule has 114 valence electrons. The van der Waals surface area contributed by atoms with E-state index in [1.165, 1.54) is 37.1 Å². The predicted octanol–water partition coefficient (Wildman–Crippen LogP) is 2.68. The lowest BCUT2D eigenvalue weighted by Crippen LogP contribution is -2.35. The fourth-order valence-corrected chi connectivity index (χ4v) is 2.28. The van der Waals surface area contributed by atoms with Gasteiger partial charge in [-0.05, 0) is 37.9 Å². The molecule has 0 spiro atoms. The van der Waals surface area contributed by atoms with Crippen molar-refractivity contribution in [3.8, 4) is 0 Å². The van der Waals surface area contributed by atoms with Crippen LogP contribution in [0.2, 0.25) is 0 Å². The van der Waals surface area contributed by atoms with Gasteiger partial charge in [0.15, 0.2) is 0 Å². The summed E-state index contributed by atoms with van der Waals surface area (Å²) < 4.78 is 5.10. The maximum atomic E-state index is 11.6. The number of nitrogens with zero attached hydrogens (tertiary/aromatic N) is 1. The van der Waals surface area contributed by atoms with Gasteiger partial charge in [0, 0.05) is 23.9 Å². The molecule has 1 heterocycles. The van der Waals surface area contributed by atoms with Crippen LogP contribution in [-0.2, 0) is 4.74 Å². The van der Waals surface area contributed by atoms with Gasteiger partial charge < -0.3 is 10.1 Å². The van der Waals surface area contributed by atoms with Crippen LogP contribution in [0.25, 0.3) is 0 Å². The number of anilines is 1. The molecular formula is C14H19N3O4. The molecule has 0 aromatic heterocycles. The monoisotopic (exact) mass is 293 g/mol. The van der Waals surface area contributed by atoms with Gasteiger partial charge in [-0.2, -0.15) is 0 Å². The van der Waals surface area contributed by atoms with Gasteiger partial charge in [-0.3, -0.25) is 15.4 Å². The van der Waals surface area contributed by atoms with Gasteiger partial charge in [-0.25, -0.2) is 4.79 Å². The van der Waals surface area contributed by atoms with E-state index < -0.39 is 11.0 Å². The number of ether oxygens (including phenoxy) is 1. The number of rotatable bonds is 5. The molecule has 1 unspecified atom stereocenters. The minimum absolute atomic E-state index is 0.0164. The summed E-state index contributed by atoms with van der Waals surface area (Å²) >= 11 is 0. The van der Waals surface area contributed by atoms with Crippen LogP contribution >= 0.6 is 0 Å². The van der Waals surface area contributed by atoms with Gasteiger partial charge >= 0.3 is 6.09 Å². The number of hydrogen-bond donors (Lipinski definition) is 2. The third kappa shape index (κ3) is 5.03. The van der Waals surface area contributed by atoms with Crippen LogP contribution in [0.4, 0.5) is 16.2 Å². The first-order valence-electron chi connectivity index (χ1n) is 7.07. The summed E-state index contributed by atoms with van der Waals surface area (Å²) in [6.45, 7) is 1.39. The molecule has 0 aliphatic carbocycles. The van der Waals surface area contributed by atoms with Gasteiger partial charge in [0.2, 0.25) is 0 Å². The van der Waals surface area contributed by atoms with Crippen molar-refractivity contribution in [3.63, 3.8) is 0 Å². The molecule has 1 aliphatic heterocycles. The van der Waals surface area contributed by atoms with Crippen molar-refractivity contribution in [1.82, 2.24) is 5.32 Å². The molecule has 7 nitrogen and oxygen atoms in total. The maximum absolute atomic E-state index is 11.6. The average molecular weight is 293 g/mol. The highest BCUT2D eigenvalue weighted by Crippen LogP contribution is 2.15. The highest BCUT2D eigenvalue weighted by atomic mass is 16.6. The molecule has 2 rings (SSSR count). The van der Waals surface area contributed by atoms with Crippen LogP contribution in [-0.4, -0.2) is 30.2 Å². The van der Waals surface area contributed by atoms with Crippen molar-refractivity contribution < 1.29 is 14.5 Å². The van der Waals surface area contributed by atoms with E-state index in [2.05, 4.69) is 10.6 Å². The number of carbonyl (C=O) groups is 1. The van der Waals surface area contributed by atoms with Crippen LogP contribution in [0.1, 0.15) is 25.7 Å². The summed E-state index contributed by atoms with van der Waals surface area (Å²) in [5.74, 6) is 0. The Labute approximate surface area is 122 Å². The second-order valence-electron chi connectivity index (χ2n) is 5.00. The molecule has 1 amide bonds. The number of hydrogen-bond acceptors (Lipinski definition) is 5. The molecule has 7 heteroatoms. The molecule has 0 saturated carbocycles. The van der Waals surface area contributed by atoms with Gasteiger partial charge in [-0.1, -0.05) is 6.42 Å². The summed E-state index contributed by atoms with van der Waals surface area (Å²) in [7, 11) is 0. The van der Waals surface area contributed by atoms with Crippen molar-refractivity contribution >= 4 is 17.5 Å². The Hall–Kier alpha value is -2.15. The third-order valence-corrected chi connectivity index (χ3v) is 3.44. The summed E-state index contributed by atoms with van der Waals surface area (Å²) in [6.07, 6.45) is 3.80. The molecule has 1 aromatic rings. The zero-order chi connectivity index (χ0) is 15.1. The minimum Gasteiger partial charge on any atom is -0.449 e. The second-order valence-corrected chi connectivity index (χ2v) is 5.00. The molecule has 1 aliphatic rings. The summed E-state index contributed by atoms with van der Waals surface area (Å²) in [6, 6.07) is 6.04. The number of benzene rings is 1. The lowest BCUT2D eigenvalue weighted by molar-refractivity contribution is -0.384. The van der Waals surface area contributed by atoms with Gasteiger partial charge in [0.25, 0.3) is 5.69 Å². The fraction of sp³-hybridized carbons (Fsp3) is 0.500. The number of amides is 1. The van der Waals surface area contributed by atoms with E-state index in [1.54, 1.807) is 0 Å². The predicted molar refractivity (Wildman–Crippen MR) is 78.3 cm³/mol. The molecule has 1 aromatic carbocycles. The molecule has 1 atom stereocenters. The largest absolute Gasteiger partial charge is 0.449 e. The Morgan fingerprint density at radius 2 is 2.14 bits per heavy atom. The highest BCUT2D eigenvalue weighted by Gasteiger charge is 2.13. The number of non-ortho nitro benzene ring substituents is 1. The van der Waals surface area contributed by atoms with Crippen molar-refractivity contribution in [1.29, 1.82) is 0 Å². The van der Waals surface area contributed by atoms with E-state index in [0.717, 1.165) is 19.4 Å². The molecule has 21 heavy (non-hydrogen) atoms. The Kier molecular flexibility index (Phi) is 5.51. The fourth-order valence-electron chi connectivity index (χ4n) is 2.28. The zero-order valence-electron chi connectivity index (χ0n) is 11.7. The van der Waals surface area contributed by atoms with E-state index in [0.29, 0.717) is 18.3 Å². The van der Waals surface area contributed by atoms with E-state index in [1.807, 2.05) is 0 Å². The van der Waals surface area contributed by atoms with Gasteiger partial charge in [-0.15, -0.1) is 0 Å². The number of nitro benzene ring substituents is 1. The van der Waals surface area contributed by atoms with Crippen molar-refractivity contribution in [3.05, 3.63) is 34.4 Å².